The van der Waals surface area contributed by atoms with Gasteiger partial charge in [0.25, 0.3) is 11.6 Å². The largest absolute Gasteiger partial charge is 0.359 e. The summed E-state index contributed by atoms with van der Waals surface area (Å²) in [5.41, 5.74) is -0.0642. The zero-order chi connectivity index (χ0) is 16.7. The van der Waals surface area contributed by atoms with Crippen LogP contribution < -0.4 is 10.6 Å². The van der Waals surface area contributed by atoms with Crippen LogP contribution in [0.15, 0.2) is 30.0 Å². The van der Waals surface area contributed by atoms with Crippen LogP contribution in [-0.4, -0.2) is 16.9 Å². The predicted molar refractivity (Wildman–Crippen MR) is 83.3 cm³/mol. The van der Waals surface area contributed by atoms with E-state index in [9.17, 15) is 14.9 Å². The van der Waals surface area contributed by atoms with Crippen LogP contribution in [0, 0.1) is 21.4 Å². The third kappa shape index (κ3) is 4.75. The fourth-order valence-corrected chi connectivity index (χ4v) is 1.61. The van der Waals surface area contributed by atoms with Crippen molar-refractivity contribution in [3.8, 4) is 6.07 Å². The topological polar surface area (TPSA) is 108 Å². The van der Waals surface area contributed by atoms with Gasteiger partial charge in [0.15, 0.2) is 0 Å². The van der Waals surface area contributed by atoms with Crippen molar-refractivity contribution in [1.29, 1.82) is 5.26 Å². The van der Waals surface area contributed by atoms with Gasteiger partial charge in [-0.15, -0.1) is 0 Å². The minimum absolute atomic E-state index is 0.0642. The SMILES string of the molecule is CCC(C)NC(=O)/C(C#N)=C\Nc1cc([N+](=O)[O-])ccc1Cl. The van der Waals surface area contributed by atoms with E-state index in [2.05, 4.69) is 10.6 Å². The summed E-state index contributed by atoms with van der Waals surface area (Å²) in [6, 6.07) is 5.55. The number of nitrogens with one attached hydrogen (secondary N) is 2. The van der Waals surface area contributed by atoms with E-state index in [0.717, 1.165) is 6.42 Å². The maximum Gasteiger partial charge on any atom is 0.271 e. The molecule has 0 fully saturated rings. The molecule has 0 saturated heterocycles. The highest BCUT2D eigenvalue weighted by Gasteiger charge is 2.13. The van der Waals surface area contributed by atoms with Crippen molar-refractivity contribution < 1.29 is 9.72 Å². The van der Waals surface area contributed by atoms with Crippen LogP contribution in [0.3, 0.4) is 0 Å². The second-order valence-corrected chi connectivity index (χ2v) is 4.93. The molecule has 0 aliphatic heterocycles. The van der Waals surface area contributed by atoms with Gasteiger partial charge in [0.05, 0.1) is 15.6 Å². The van der Waals surface area contributed by atoms with Gasteiger partial charge >= 0.3 is 0 Å². The van der Waals surface area contributed by atoms with Crippen molar-refractivity contribution in [2.24, 2.45) is 0 Å². The molecule has 0 saturated carbocycles. The van der Waals surface area contributed by atoms with E-state index in [-0.39, 0.29) is 28.0 Å². The number of benzene rings is 1. The number of nitriles is 1. The molecule has 0 heterocycles. The van der Waals surface area contributed by atoms with Crippen molar-refractivity contribution in [1.82, 2.24) is 5.32 Å². The Hall–Kier alpha value is -2.59. The number of nitro groups is 1. The van der Waals surface area contributed by atoms with Crippen molar-refractivity contribution in [2.75, 3.05) is 5.32 Å². The van der Waals surface area contributed by atoms with Crippen LogP contribution >= 0.6 is 11.6 Å². The molecule has 0 aromatic heterocycles. The molecule has 1 atom stereocenters. The molecule has 0 bridgehead atoms. The molecule has 1 aromatic rings. The summed E-state index contributed by atoms with van der Waals surface area (Å²) in [5.74, 6) is -0.522. The van der Waals surface area contributed by atoms with Gasteiger partial charge in [0, 0.05) is 24.4 Å². The first-order valence-electron chi connectivity index (χ1n) is 6.50. The second kappa shape index (κ2) is 8.00. The number of non-ortho nitro benzene ring substituents is 1. The highest BCUT2D eigenvalue weighted by atomic mass is 35.5. The number of rotatable bonds is 6. The van der Waals surface area contributed by atoms with Gasteiger partial charge in [-0.25, -0.2) is 0 Å². The third-order valence-corrected chi connectivity index (χ3v) is 3.22. The van der Waals surface area contributed by atoms with Crippen LogP contribution in [0.4, 0.5) is 11.4 Å². The molecular weight excluding hydrogens is 308 g/mol. The van der Waals surface area contributed by atoms with Crippen LogP contribution in [0.1, 0.15) is 20.3 Å². The lowest BCUT2D eigenvalue weighted by Gasteiger charge is -2.10. The number of carbonyl (C=O) groups excluding carboxylic acids is 1. The smallest absolute Gasteiger partial charge is 0.271 e. The summed E-state index contributed by atoms with van der Waals surface area (Å²) in [4.78, 5) is 22.0. The standard InChI is InChI=1S/C14H15ClN4O3/c1-3-9(2)18-14(20)10(7-16)8-17-13-6-11(19(21)22)4-5-12(13)15/h4-6,8-9,17H,3H2,1-2H3,(H,18,20)/b10-8-. The Morgan fingerprint density at radius 1 is 1.59 bits per heavy atom. The number of anilines is 1. The number of nitrogens with zero attached hydrogens (tertiary/aromatic N) is 2. The predicted octanol–water partition coefficient (Wildman–Crippen LogP) is 2.98. The third-order valence-electron chi connectivity index (χ3n) is 2.89. The highest BCUT2D eigenvalue weighted by Crippen LogP contribution is 2.26. The van der Waals surface area contributed by atoms with Crippen molar-refractivity contribution in [3.63, 3.8) is 0 Å². The van der Waals surface area contributed by atoms with Crippen LogP contribution in [0.2, 0.25) is 5.02 Å². The number of halogens is 1. The fraction of sp³-hybridized carbons (Fsp3) is 0.286. The lowest BCUT2D eigenvalue weighted by Crippen LogP contribution is -2.33. The van der Waals surface area contributed by atoms with E-state index >= 15 is 0 Å². The van der Waals surface area contributed by atoms with Gasteiger partial charge < -0.3 is 10.6 Å². The Kier molecular flexibility index (Phi) is 6.35. The molecule has 0 aliphatic rings. The molecule has 1 aromatic carbocycles. The Morgan fingerprint density at radius 3 is 2.82 bits per heavy atom. The number of nitro benzene ring substituents is 1. The van der Waals surface area contributed by atoms with Crippen molar-refractivity contribution >= 4 is 28.9 Å². The van der Waals surface area contributed by atoms with Gasteiger partial charge in [-0.1, -0.05) is 18.5 Å². The average Bonchev–Trinajstić information content (AvgIpc) is 2.49. The summed E-state index contributed by atoms with van der Waals surface area (Å²) < 4.78 is 0. The first-order chi connectivity index (χ1) is 10.4. The van der Waals surface area contributed by atoms with E-state index in [4.69, 9.17) is 16.9 Å². The maximum atomic E-state index is 11.8. The van der Waals surface area contributed by atoms with Crippen LogP contribution in [0.5, 0.6) is 0 Å². The lowest BCUT2D eigenvalue weighted by molar-refractivity contribution is -0.384. The summed E-state index contributed by atoms with van der Waals surface area (Å²) in [7, 11) is 0. The molecule has 22 heavy (non-hydrogen) atoms. The molecule has 116 valence electrons. The monoisotopic (exact) mass is 322 g/mol. The van der Waals surface area contributed by atoms with Crippen LogP contribution in [-0.2, 0) is 4.79 Å². The number of carbonyl (C=O) groups is 1. The summed E-state index contributed by atoms with van der Waals surface area (Å²) >= 11 is 5.92. The van der Waals surface area contributed by atoms with E-state index in [0.29, 0.717) is 0 Å². The van der Waals surface area contributed by atoms with E-state index in [1.165, 1.54) is 24.4 Å². The van der Waals surface area contributed by atoms with Crippen LogP contribution in [0.25, 0.3) is 0 Å². The average molecular weight is 323 g/mol. The van der Waals surface area contributed by atoms with Crippen molar-refractivity contribution in [2.45, 2.75) is 26.3 Å². The van der Waals surface area contributed by atoms with E-state index in [1.807, 2.05) is 13.8 Å². The van der Waals surface area contributed by atoms with Gasteiger partial charge in [-0.05, 0) is 19.4 Å². The van der Waals surface area contributed by atoms with Gasteiger partial charge in [0.2, 0.25) is 0 Å². The molecule has 1 rings (SSSR count). The number of hydrogen-bond donors (Lipinski definition) is 2. The van der Waals surface area contributed by atoms with Crippen molar-refractivity contribution in [3.05, 3.63) is 45.1 Å². The summed E-state index contributed by atoms with van der Waals surface area (Å²) in [6.07, 6.45) is 1.90. The first kappa shape index (κ1) is 17.5. The molecule has 8 heteroatoms. The molecule has 2 N–H and O–H groups in total. The Morgan fingerprint density at radius 2 is 2.27 bits per heavy atom. The van der Waals surface area contributed by atoms with Gasteiger partial charge in [-0.3, -0.25) is 14.9 Å². The maximum absolute atomic E-state index is 11.8. The second-order valence-electron chi connectivity index (χ2n) is 4.52. The Labute approximate surface area is 132 Å². The number of amides is 1. The fourth-order valence-electron chi connectivity index (χ4n) is 1.44. The molecule has 0 spiro atoms. The molecule has 1 amide bonds. The minimum Gasteiger partial charge on any atom is -0.359 e. The normalized spacial score (nSPS) is 12.2. The molecule has 7 nitrogen and oxygen atoms in total. The van der Waals surface area contributed by atoms with Gasteiger partial charge in [-0.2, -0.15) is 5.26 Å². The van der Waals surface area contributed by atoms with Gasteiger partial charge in [0.1, 0.15) is 11.6 Å². The minimum atomic E-state index is -0.563. The zero-order valence-corrected chi connectivity index (χ0v) is 12.8. The summed E-state index contributed by atoms with van der Waals surface area (Å²) in [6.45, 7) is 3.72. The lowest BCUT2D eigenvalue weighted by atomic mass is 10.2. The Bertz CT molecular complexity index is 652. The molecular formula is C14H15ClN4O3. The van der Waals surface area contributed by atoms with E-state index in [1.54, 1.807) is 6.07 Å². The Balaban J connectivity index is 2.93. The van der Waals surface area contributed by atoms with E-state index < -0.39 is 10.8 Å². The molecule has 1 unspecified atom stereocenters. The molecule has 0 radical (unpaired) electrons. The highest BCUT2D eigenvalue weighted by molar-refractivity contribution is 6.33. The number of hydrogen-bond acceptors (Lipinski definition) is 5. The summed E-state index contributed by atoms with van der Waals surface area (Å²) in [5, 5.41) is 25.3. The first-order valence-corrected chi connectivity index (χ1v) is 6.88. The quantitative estimate of drug-likeness (QED) is 0.362. The molecule has 0 aliphatic carbocycles. The zero-order valence-electron chi connectivity index (χ0n) is 12.1.